The Balaban J connectivity index is 1.35. The monoisotopic (exact) mass is 470 g/mol. The molecule has 0 heterocycles. The van der Waals surface area contributed by atoms with E-state index in [9.17, 15) is 9.59 Å². The number of carboxylic acids is 2. The van der Waals surface area contributed by atoms with Gasteiger partial charge >= 0.3 is 11.9 Å². The van der Waals surface area contributed by atoms with Gasteiger partial charge in [-0.3, -0.25) is 0 Å². The second-order valence-electron chi connectivity index (χ2n) is 8.50. The molecule has 0 spiro atoms. The molecule has 4 heteroatoms. The lowest BCUT2D eigenvalue weighted by Crippen LogP contribution is -1.94. The molecule has 0 aliphatic heterocycles. The van der Waals surface area contributed by atoms with Crippen LogP contribution in [-0.4, -0.2) is 22.2 Å². The van der Waals surface area contributed by atoms with Gasteiger partial charge in [-0.15, -0.1) is 0 Å². The van der Waals surface area contributed by atoms with Crippen LogP contribution in [0.5, 0.6) is 0 Å². The lowest BCUT2D eigenvalue weighted by atomic mass is 9.96. The molecular weight excluding hydrogens is 448 g/mol. The van der Waals surface area contributed by atoms with Crippen molar-refractivity contribution in [3.8, 4) is 44.5 Å². The summed E-state index contributed by atoms with van der Waals surface area (Å²) in [6.07, 6.45) is 0. The Morgan fingerprint density at radius 3 is 0.889 bits per heavy atom. The predicted octanol–water partition coefficient (Wildman–Crippen LogP) is 7.75. The first-order valence-corrected chi connectivity index (χ1v) is 11.5. The van der Waals surface area contributed by atoms with Crippen molar-refractivity contribution < 1.29 is 19.8 Å². The minimum absolute atomic E-state index is 0.274. The molecule has 36 heavy (non-hydrogen) atoms. The summed E-state index contributed by atoms with van der Waals surface area (Å²) in [5.74, 6) is -1.86. The van der Waals surface area contributed by atoms with Crippen LogP contribution >= 0.6 is 0 Å². The lowest BCUT2D eigenvalue weighted by Gasteiger charge is -2.09. The zero-order valence-electron chi connectivity index (χ0n) is 19.3. The van der Waals surface area contributed by atoms with Crippen molar-refractivity contribution >= 4 is 11.9 Å². The third kappa shape index (κ3) is 4.79. The fourth-order valence-electron chi connectivity index (χ4n) is 4.20. The van der Waals surface area contributed by atoms with E-state index < -0.39 is 11.9 Å². The zero-order valence-corrected chi connectivity index (χ0v) is 19.3. The molecule has 2 N–H and O–H groups in total. The summed E-state index contributed by atoms with van der Waals surface area (Å²) >= 11 is 0. The first-order chi connectivity index (χ1) is 17.5. The smallest absolute Gasteiger partial charge is 0.335 e. The molecule has 0 radical (unpaired) electrons. The molecule has 5 rings (SSSR count). The van der Waals surface area contributed by atoms with Crippen LogP contribution in [0.2, 0.25) is 0 Å². The zero-order chi connectivity index (χ0) is 25.1. The van der Waals surface area contributed by atoms with Gasteiger partial charge < -0.3 is 10.2 Å². The first-order valence-electron chi connectivity index (χ1n) is 11.5. The fourth-order valence-corrected chi connectivity index (χ4v) is 4.20. The highest BCUT2D eigenvalue weighted by Gasteiger charge is 2.07. The van der Waals surface area contributed by atoms with Crippen molar-refractivity contribution in [2.75, 3.05) is 0 Å². The van der Waals surface area contributed by atoms with Crippen molar-refractivity contribution in [1.82, 2.24) is 0 Å². The van der Waals surface area contributed by atoms with Crippen LogP contribution in [0.1, 0.15) is 20.7 Å². The van der Waals surface area contributed by atoms with Crippen LogP contribution in [0.4, 0.5) is 0 Å². The summed E-state index contributed by atoms with van der Waals surface area (Å²) < 4.78 is 0. The molecule has 0 saturated heterocycles. The molecule has 0 amide bonds. The van der Waals surface area contributed by atoms with E-state index in [2.05, 4.69) is 42.5 Å². The maximum absolute atomic E-state index is 11.1. The first kappa shape index (κ1) is 22.8. The van der Waals surface area contributed by atoms with E-state index >= 15 is 0 Å². The second-order valence-corrected chi connectivity index (χ2v) is 8.50. The Hall–Kier alpha value is -4.96. The molecule has 174 valence electrons. The highest BCUT2D eigenvalue weighted by atomic mass is 16.4. The van der Waals surface area contributed by atoms with E-state index in [0.29, 0.717) is 0 Å². The molecule has 0 aliphatic rings. The van der Waals surface area contributed by atoms with Gasteiger partial charge in [0.05, 0.1) is 11.1 Å². The number of rotatable bonds is 6. The Kier molecular flexibility index (Phi) is 6.16. The Morgan fingerprint density at radius 1 is 0.361 bits per heavy atom. The summed E-state index contributed by atoms with van der Waals surface area (Å²) in [6.45, 7) is 0. The highest BCUT2D eigenvalue weighted by Crippen LogP contribution is 2.30. The standard InChI is InChI=1S/C32H22O4/c33-31(34)27-16-12-23(13-17-27)21-4-8-25(9-5-21)29-2-1-3-30(20-29)26-10-6-22(7-11-26)24-14-18-28(19-15-24)32(35)36/h1-20H,(H,33,34)(H,35,36). The minimum atomic E-state index is -0.930. The molecular formula is C32H22O4. The molecule has 0 bridgehead atoms. The average Bonchev–Trinajstić information content (AvgIpc) is 2.93. The molecule has 0 fully saturated rings. The maximum Gasteiger partial charge on any atom is 0.335 e. The van der Waals surface area contributed by atoms with Gasteiger partial charge in [0.2, 0.25) is 0 Å². The average molecular weight is 471 g/mol. The van der Waals surface area contributed by atoms with Crippen molar-refractivity contribution in [3.63, 3.8) is 0 Å². The minimum Gasteiger partial charge on any atom is -0.478 e. The molecule has 0 atom stereocenters. The number of aromatic carboxylic acids is 2. The van der Waals surface area contributed by atoms with E-state index in [-0.39, 0.29) is 11.1 Å². The van der Waals surface area contributed by atoms with Crippen LogP contribution in [0, 0.1) is 0 Å². The Labute approximate surface area is 208 Å². The van der Waals surface area contributed by atoms with Crippen LogP contribution in [0.15, 0.2) is 121 Å². The van der Waals surface area contributed by atoms with Crippen molar-refractivity contribution in [1.29, 1.82) is 0 Å². The predicted molar refractivity (Wildman–Crippen MR) is 142 cm³/mol. The van der Waals surface area contributed by atoms with Gasteiger partial charge in [0, 0.05) is 0 Å². The molecule has 0 saturated carbocycles. The second kappa shape index (κ2) is 9.72. The molecule has 0 aromatic heterocycles. The van der Waals surface area contributed by atoms with Gasteiger partial charge in [-0.25, -0.2) is 9.59 Å². The summed E-state index contributed by atoms with van der Waals surface area (Å²) in [4.78, 5) is 22.2. The lowest BCUT2D eigenvalue weighted by molar-refractivity contribution is 0.0686. The Bertz CT molecular complexity index is 1410. The van der Waals surface area contributed by atoms with Crippen LogP contribution in [0.3, 0.4) is 0 Å². The van der Waals surface area contributed by atoms with Gasteiger partial charge in [-0.05, 0) is 74.8 Å². The van der Waals surface area contributed by atoms with E-state index in [1.54, 1.807) is 24.3 Å². The summed E-state index contributed by atoms with van der Waals surface area (Å²) in [5, 5.41) is 18.2. The van der Waals surface area contributed by atoms with Crippen molar-refractivity contribution in [2.24, 2.45) is 0 Å². The normalized spacial score (nSPS) is 10.7. The number of carboxylic acid groups (broad SMARTS) is 2. The van der Waals surface area contributed by atoms with Crippen molar-refractivity contribution in [3.05, 3.63) is 132 Å². The van der Waals surface area contributed by atoms with Crippen molar-refractivity contribution in [2.45, 2.75) is 0 Å². The van der Waals surface area contributed by atoms with Gasteiger partial charge in [0.1, 0.15) is 0 Å². The molecule has 0 unspecified atom stereocenters. The molecule has 0 aliphatic carbocycles. The number of benzene rings is 5. The third-order valence-corrected chi connectivity index (χ3v) is 6.23. The summed E-state index contributed by atoms with van der Waals surface area (Å²) in [6, 6.07) is 38.6. The van der Waals surface area contributed by atoms with Crippen LogP contribution in [-0.2, 0) is 0 Å². The number of hydrogen-bond donors (Lipinski definition) is 2. The molecule has 5 aromatic carbocycles. The highest BCUT2D eigenvalue weighted by molar-refractivity contribution is 5.89. The van der Waals surface area contributed by atoms with Gasteiger partial charge in [-0.2, -0.15) is 0 Å². The molecule has 4 nitrogen and oxygen atoms in total. The van der Waals surface area contributed by atoms with Crippen LogP contribution < -0.4 is 0 Å². The van der Waals surface area contributed by atoms with E-state index in [0.717, 1.165) is 44.5 Å². The summed E-state index contributed by atoms with van der Waals surface area (Å²) in [5.41, 5.74) is 8.94. The van der Waals surface area contributed by atoms with E-state index in [1.807, 2.05) is 54.6 Å². The quantitative estimate of drug-likeness (QED) is 0.266. The van der Waals surface area contributed by atoms with Gasteiger partial charge in [0.25, 0.3) is 0 Å². The fraction of sp³-hybridized carbons (Fsp3) is 0. The van der Waals surface area contributed by atoms with Gasteiger partial charge in [-0.1, -0.05) is 91.0 Å². The van der Waals surface area contributed by atoms with E-state index in [4.69, 9.17) is 10.2 Å². The third-order valence-electron chi connectivity index (χ3n) is 6.23. The maximum atomic E-state index is 11.1. The SMILES string of the molecule is O=C(O)c1ccc(-c2ccc(-c3cccc(-c4ccc(-c5ccc(C(=O)O)cc5)cc4)c3)cc2)cc1. The number of hydrogen-bond acceptors (Lipinski definition) is 2. The molecule has 5 aromatic rings. The topological polar surface area (TPSA) is 74.6 Å². The van der Waals surface area contributed by atoms with Crippen LogP contribution in [0.25, 0.3) is 44.5 Å². The van der Waals surface area contributed by atoms with Gasteiger partial charge in [0.15, 0.2) is 0 Å². The van der Waals surface area contributed by atoms with E-state index in [1.165, 1.54) is 0 Å². The largest absolute Gasteiger partial charge is 0.478 e. The number of carbonyl (C=O) groups is 2. The Morgan fingerprint density at radius 2 is 0.611 bits per heavy atom. The summed E-state index contributed by atoms with van der Waals surface area (Å²) in [7, 11) is 0.